The second-order valence-corrected chi connectivity index (χ2v) is 7.04. The number of aromatic nitrogens is 1. The third-order valence-corrected chi connectivity index (χ3v) is 5.15. The maximum atomic E-state index is 11.3. The standard InChI is InChI=1S/C19H22N6O2/c1-24-12-7-17-15(13-24)18(14-5-2-3-6-16(14)23-17)20-9-4-8-19(25(26)27)21-10-11-22-19/h2-3,5-6,10-11H,4,7-9,12-13H2,1H3,(H,20,23). The highest BCUT2D eigenvalue weighted by molar-refractivity contribution is 6.17. The van der Waals surface area contributed by atoms with Gasteiger partial charge in [0.05, 0.1) is 16.9 Å². The summed E-state index contributed by atoms with van der Waals surface area (Å²) in [6, 6.07) is 8.11. The van der Waals surface area contributed by atoms with Crippen LogP contribution < -0.4 is 5.32 Å². The normalized spacial score (nSPS) is 18.0. The van der Waals surface area contributed by atoms with E-state index in [2.05, 4.69) is 33.3 Å². The van der Waals surface area contributed by atoms with Gasteiger partial charge in [0.15, 0.2) is 0 Å². The smallest absolute Gasteiger partial charge is 0.384 e. The molecule has 0 aliphatic carbocycles. The summed E-state index contributed by atoms with van der Waals surface area (Å²) in [6.07, 6.45) is 4.60. The molecule has 1 aromatic carbocycles. The van der Waals surface area contributed by atoms with Crippen LogP contribution in [0.25, 0.3) is 10.9 Å². The zero-order valence-electron chi connectivity index (χ0n) is 15.3. The van der Waals surface area contributed by atoms with Crippen molar-refractivity contribution in [3.8, 4) is 0 Å². The summed E-state index contributed by atoms with van der Waals surface area (Å²) in [5, 5.41) is 15.9. The Morgan fingerprint density at radius 3 is 2.85 bits per heavy atom. The zero-order valence-corrected chi connectivity index (χ0v) is 15.3. The first kappa shape index (κ1) is 17.5. The zero-order chi connectivity index (χ0) is 18.9. The van der Waals surface area contributed by atoms with Gasteiger partial charge in [-0.15, -0.1) is 0 Å². The predicted octanol–water partition coefficient (Wildman–Crippen LogP) is 2.50. The minimum absolute atomic E-state index is 0.269. The van der Waals surface area contributed by atoms with Gasteiger partial charge in [-0.25, -0.2) is 0 Å². The predicted molar refractivity (Wildman–Crippen MR) is 106 cm³/mol. The summed E-state index contributed by atoms with van der Waals surface area (Å²) in [4.78, 5) is 26.0. The van der Waals surface area contributed by atoms with Crippen LogP contribution in [0, 0.1) is 10.1 Å². The Morgan fingerprint density at radius 2 is 2.07 bits per heavy atom. The average Bonchev–Trinajstić information content (AvgIpc) is 3.15. The molecular weight excluding hydrogens is 344 g/mol. The van der Waals surface area contributed by atoms with Crippen LogP contribution in [0.3, 0.4) is 0 Å². The number of fused-ring (bicyclic) bond motifs is 2. The highest BCUT2D eigenvalue weighted by Crippen LogP contribution is 2.32. The molecule has 3 heterocycles. The number of benzene rings is 1. The molecule has 0 fully saturated rings. The molecule has 0 unspecified atom stereocenters. The van der Waals surface area contributed by atoms with E-state index >= 15 is 0 Å². The molecule has 0 saturated heterocycles. The maximum absolute atomic E-state index is 11.3. The number of anilines is 1. The summed E-state index contributed by atoms with van der Waals surface area (Å²) in [7, 11) is 2.11. The van der Waals surface area contributed by atoms with Crippen molar-refractivity contribution in [1.29, 1.82) is 0 Å². The maximum Gasteiger partial charge on any atom is 0.411 e. The SMILES string of the molecule is CN1CCc2nc3ccccc3c(NCCCC3([N+](=O)[O-])N=CC=N3)c2C1. The molecule has 8 heteroatoms. The summed E-state index contributed by atoms with van der Waals surface area (Å²) >= 11 is 0. The van der Waals surface area contributed by atoms with E-state index in [0.717, 1.165) is 41.8 Å². The van der Waals surface area contributed by atoms with Crippen LogP contribution >= 0.6 is 0 Å². The molecule has 0 atom stereocenters. The van der Waals surface area contributed by atoms with Gasteiger partial charge in [0, 0.05) is 60.8 Å². The Morgan fingerprint density at radius 1 is 1.30 bits per heavy atom. The van der Waals surface area contributed by atoms with E-state index in [0.29, 0.717) is 13.0 Å². The van der Waals surface area contributed by atoms with Crippen LogP contribution in [0.2, 0.25) is 0 Å². The first-order valence-electron chi connectivity index (χ1n) is 9.15. The molecule has 0 radical (unpaired) electrons. The van der Waals surface area contributed by atoms with Gasteiger partial charge >= 0.3 is 5.79 Å². The summed E-state index contributed by atoms with van der Waals surface area (Å²) in [5.74, 6) is -1.54. The summed E-state index contributed by atoms with van der Waals surface area (Å²) in [5.41, 5.74) is 4.44. The van der Waals surface area contributed by atoms with Crippen LogP contribution in [0.1, 0.15) is 24.1 Å². The van der Waals surface area contributed by atoms with Crippen molar-refractivity contribution in [3.63, 3.8) is 0 Å². The lowest BCUT2D eigenvalue weighted by Crippen LogP contribution is -2.33. The number of hydrogen-bond donors (Lipinski definition) is 1. The molecule has 8 nitrogen and oxygen atoms in total. The van der Waals surface area contributed by atoms with Gasteiger partial charge < -0.3 is 10.2 Å². The van der Waals surface area contributed by atoms with E-state index in [1.165, 1.54) is 18.0 Å². The molecular formula is C19H22N6O2. The molecule has 0 bridgehead atoms. The fraction of sp³-hybridized carbons (Fsp3) is 0.421. The van der Waals surface area contributed by atoms with E-state index in [4.69, 9.17) is 4.98 Å². The van der Waals surface area contributed by atoms with Crippen LogP contribution in [-0.2, 0) is 13.0 Å². The second kappa shape index (κ2) is 7.03. The number of aliphatic imine (C=N–C) groups is 2. The third-order valence-electron chi connectivity index (χ3n) is 5.15. The fourth-order valence-corrected chi connectivity index (χ4v) is 3.72. The van der Waals surface area contributed by atoms with Crippen molar-refractivity contribution < 1.29 is 4.92 Å². The Kier molecular flexibility index (Phi) is 4.57. The van der Waals surface area contributed by atoms with Gasteiger partial charge in [0.2, 0.25) is 0 Å². The van der Waals surface area contributed by atoms with Gasteiger partial charge in [-0.3, -0.25) is 15.1 Å². The molecule has 0 spiro atoms. The Balaban J connectivity index is 1.55. The van der Waals surface area contributed by atoms with Gasteiger partial charge in [-0.05, 0) is 19.5 Å². The highest BCUT2D eigenvalue weighted by atomic mass is 16.6. The molecule has 0 amide bonds. The van der Waals surface area contributed by atoms with Crippen LogP contribution in [0.5, 0.6) is 0 Å². The van der Waals surface area contributed by atoms with Crippen LogP contribution in [0.4, 0.5) is 5.69 Å². The number of rotatable bonds is 6. The molecule has 2 aliphatic heterocycles. The lowest BCUT2D eigenvalue weighted by molar-refractivity contribution is -0.566. The Bertz CT molecular complexity index is 927. The van der Waals surface area contributed by atoms with E-state index < -0.39 is 10.7 Å². The lowest BCUT2D eigenvalue weighted by atomic mass is 10.00. The van der Waals surface area contributed by atoms with Crippen LogP contribution in [0.15, 0.2) is 34.3 Å². The topological polar surface area (TPSA) is 96.0 Å². The van der Waals surface area contributed by atoms with Crippen molar-refractivity contribution >= 4 is 29.0 Å². The summed E-state index contributed by atoms with van der Waals surface area (Å²) < 4.78 is 0. The lowest BCUT2D eigenvalue weighted by Gasteiger charge is -2.27. The number of nitro groups is 1. The number of hydrogen-bond acceptors (Lipinski definition) is 7. The van der Waals surface area contributed by atoms with E-state index in [1.54, 1.807) is 0 Å². The van der Waals surface area contributed by atoms with Gasteiger partial charge in [-0.1, -0.05) is 18.2 Å². The van der Waals surface area contributed by atoms with E-state index in [-0.39, 0.29) is 6.42 Å². The van der Waals surface area contributed by atoms with Crippen molar-refractivity contribution in [2.75, 3.05) is 25.5 Å². The number of pyridine rings is 1. The van der Waals surface area contributed by atoms with Gasteiger partial charge in [-0.2, -0.15) is 9.98 Å². The third kappa shape index (κ3) is 3.28. The molecule has 1 N–H and O–H groups in total. The molecule has 140 valence electrons. The summed E-state index contributed by atoms with van der Waals surface area (Å²) in [6.45, 7) is 2.47. The van der Waals surface area contributed by atoms with Crippen molar-refractivity contribution in [3.05, 3.63) is 45.6 Å². The fourth-order valence-electron chi connectivity index (χ4n) is 3.72. The van der Waals surface area contributed by atoms with E-state index in [1.807, 2.05) is 18.2 Å². The monoisotopic (exact) mass is 366 g/mol. The minimum atomic E-state index is -1.54. The molecule has 0 saturated carbocycles. The molecule has 2 aliphatic rings. The van der Waals surface area contributed by atoms with Gasteiger partial charge in [0.25, 0.3) is 0 Å². The Labute approximate surface area is 157 Å². The molecule has 27 heavy (non-hydrogen) atoms. The molecule has 1 aromatic heterocycles. The number of nitrogens with one attached hydrogen (secondary N) is 1. The van der Waals surface area contributed by atoms with Crippen molar-refractivity contribution in [2.45, 2.75) is 31.6 Å². The quantitative estimate of drug-likeness (QED) is 0.481. The second-order valence-electron chi connectivity index (χ2n) is 7.04. The number of para-hydroxylation sites is 1. The van der Waals surface area contributed by atoms with Crippen LogP contribution in [-0.4, -0.2) is 53.2 Å². The minimum Gasteiger partial charge on any atom is -0.384 e. The first-order valence-corrected chi connectivity index (χ1v) is 9.15. The number of nitrogens with zero attached hydrogens (tertiary/aromatic N) is 5. The van der Waals surface area contributed by atoms with Crippen molar-refractivity contribution in [2.24, 2.45) is 9.98 Å². The molecule has 4 rings (SSSR count). The first-order chi connectivity index (χ1) is 13.1. The highest BCUT2D eigenvalue weighted by Gasteiger charge is 2.42. The average molecular weight is 366 g/mol. The van der Waals surface area contributed by atoms with Crippen molar-refractivity contribution in [1.82, 2.24) is 9.88 Å². The number of likely N-dealkylation sites (N-methyl/N-ethyl adjacent to an activating group) is 1. The largest absolute Gasteiger partial charge is 0.411 e. The molecule has 2 aromatic rings. The Hall–Kier alpha value is -2.87. The van der Waals surface area contributed by atoms with E-state index in [9.17, 15) is 10.1 Å². The van der Waals surface area contributed by atoms with Gasteiger partial charge in [0.1, 0.15) is 0 Å².